The molecule has 0 radical (unpaired) electrons. The standard InChI is InChI=1S/C22H17F3N4O4/c1-26-18-9-8-14(11-19(18)29(32)33)21(31)27-16-6-2-4-13(10-16)20(30)28-17-7-3-5-15(12-17)22(23,24)25/h2-12,26H,1H3,(H,27,31)(H,28,30). The monoisotopic (exact) mass is 458 g/mol. The van der Waals surface area contributed by atoms with Gasteiger partial charge >= 0.3 is 6.18 Å². The Morgan fingerprint density at radius 3 is 2.00 bits per heavy atom. The second kappa shape index (κ2) is 9.39. The lowest BCUT2D eigenvalue weighted by atomic mass is 10.1. The van der Waals surface area contributed by atoms with E-state index in [0.29, 0.717) is 0 Å². The zero-order chi connectivity index (χ0) is 24.2. The fourth-order valence-electron chi connectivity index (χ4n) is 2.95. The Morgan fingerprint density at radius 1 is 0.848 bits per heavy atom. The highest BCUT2D eigenvalue weighted by atomic mass is 19.4. The molecule has 0 aliphatic rings. The molecule has 3 aromatic carbocycles. The third kappa shape index (κ3) is 5.64. The van der Waals surface area contributed by atoms with E-state index in [2.05, 4.69) is 16.0 Å². The second-order valence-electron chi connectivity index (χ2n) is 6.81. The van der Waals surface area contributed by atoms with Crippen molar-refractivity contribution in [2.45, 2.75) is 6.18 Å². The summed E-state index contributed by atoms with van der Waals surface area (Å²) in [5.74, 6) is -1.32. The molecule has 8 nitrogen and oxygen atoms in total. The predicted molar refractivity (Wildman–Crippen MR) is 116 cm³/mol. The highest BCUT2D eigenvalue weighted by molar-refractivity contribution is 6.07. The van der Waals surface area contributed by atoms with Crippen molar-refractivity contribution in [1.29, 1.82) is 0 Å². The Kier molecular flexibility index (Phi) is 6.61. The van der Waals surface area contributed by atoms with Crippen molar-refractivity contribution < 1.29 is 27.7 Å². The molecule has 0 atom stereocenters. The molecule has 0 aliphatic heterocycles. The maximum absolute atomic E-state index is 12.9. The van der Waals surface area contributed by atoms with Gasteiger partial charge in [-0.05, 0) is 48.5 Å². The van der Waals surface area contributed by atoms with Crippen LogP contribution < -0.4 is 16.0 Å². The van der Waals surface area contributed by atoms with Crippen molar-refractivity contribution in [2.75, 3.05) is 23.0 Å². The Morgan fingerprint density at radius 2 is 1.42 bits per heavy atom. The Labute approximate surface area is 185 Å². The maximum atomic E-state index is 12.9. The number of nitrogens with one attached hydrogen (secondary N) is 3. The Hall–Kier alpha value is -4.41. The fourth-order valence-corrected chi connectivity index (χ4v) is 2.95. The first-order chi connectivity index (χ1) is 15.6. The lowest BCUT2D eigenvalue weighted by molar-refractivity contribution is -0.384. The average molecular weight is 458 g/mol. The molecular formula is C22H17F3N4O4. The zero-order valence-electron chi connectivity index (χ0n) is 17.1. The van der Waals surface area contributed by atoms with Gasteiger partial charge in [-0.2, -0.15) is 13.2 Å². The molecule has 0 saturated heterocycles. The quantitative estimate of drug-likeness (QED) is 0.349. The average Bonchev–Trinajstić information content (AvgIpc) is 2.78. The number of alkyl halides is 3. The SMILES string of the molecule is CNc1ccc(C(=O)Nc2cccc(C(=O)Nc3cccc(C(F)(F)F)c3)c2)cc1[N+](=O)[O-]. The number of benzene rings is 3. The van der Waals surface area contributed by atoms with Crippen LogP contribution in [0.3, 0.4) is 0 Å². The van der Waals surface area contributed by atoms with Crippen LogP contribution in [-0.4, -0.2) is 23.8 Å². The highest BCUT2D eigenvalue weighted by Crippen LogP contribution is 2.31. The number of anilines is 3. The van der Waals surface area contributed by atoms with Gasteiger partial charge in [-0.25, -0.2) is 0 Å². The molecular weight excluding hydrogens is 441 g/mol. The van der Waals surface area contributed by atoms with Gasteiger partial charge in [0.25, 0.3) is 17.5 Å². The van der Waals surface area contributed by atoms with E-state index in [-0.39, 0.29) is 33.9 Å². The smallest absolute Gasteiger partial charge is 0.383 e. The number of amides is 2. The number of rotatable bonds is 6. The molecule has 0 aromatic heterocycles. The van der Waals surface area contributed by atoms with Gasteiger partial charge in [0.05, 0.1) is 10.5 Å². The molecule has 170 valence electrons. The highest BCUT2D eigenvalue weighted by Gasteiger charge is 2.30. The number of nitro benzene ring substituents is 1. The molecule has 11 heteroatoms. The summed E-state index contributed by atoms with van der Waals surface area (Å²) in [7, 11) is 1.51. The molecule has 0 aliphatic carbocycles. The summed E-state index contributed by atoms with van der Waals surface area (Å²) in [6.07, 6.45) is -4.55. The van der Waals surface area contributed by atoms with Crippen LogP contribution in [0.15, 0.2) is 66.7 Å². The summed E-state index contributed by atoms with van der Waals surface area (Å²) in [5.41, 5.74) is -0.650. The van der Waals surface area contributed by atoms with Gasteiger partial charge in [0.15, 0.2) is 0 Å². The van der Waals surface area contributed by atoms with Crippen LogP contribution in [0.4, 0.5) is 35.9 Å². The molecule has 3 aromatic rings. The molecule has 0 saturated carbocycles. The lowest BCUT2D eigenvalue weighted by Gasteiger charge is -2.11. The molecule has 33 heavy (non-hydrogen) atoms. The number of carbonyl (C=O) groups excluding carboxylic acids is 2. The first-order valence-corrected chi connectivity index (χ1v) is 9.44. The molecule has 0 spiro atoms. The number of hydrogen-bond donors (Lipinski definition) is 3. The zero-order valence-corrected chi connectivity index (χ0v) is 17.1. The third-order valence-corrected chi connectivity index (χ3v) is 4.56. The van der Waals surface area contributed by atoms with Crippen molar-refractivity contribution in [3.8, 4) is 0 Å². The largest absolute Gasteiger partial charge is 0.416 e. The molecule has 2 amide bonds. The van der Waals surface area contributed by atoms with Crippen LogP contribution >= 0.6 is 0 Å². The van der Waals surface area contributed by atoms with Gasteiger partial charge in [0.1, 0.15) is 5.69 Å². The first kappa shape index (κ1) is 23.3. The van der Waals surface area contributed by atoms with Gasteiger partial charge in [0, 0.05) is 35.6 Å². The van der Waals surface area contributed by atoms with Gasteiger partial charge in [-0.1, -0.05) is 12.1 Å². The Bertz CT molecular complexity index is 1230. The van der Waals surface area contributed by atoms with Crippen LogP contribution in [0, 0.1) is 10.1 Å². The number of nitrogens with zero attached hydrogens (tertiary/aromatic N) is 1. The van der Waals surface area contributed by atoms with Crippen molar-refractivity contribution in [1.82, 2.24) is 0 Å². The minimum absolute atomic E-state index is 0.0273. The minimum atomic E-state index is -4.55. The van der Waals surface area contributed by atoms with E-state index < -0.39 is 28.5 Å². The minimum Gasteiger partial charge on any atom is -0.383 e. The maximum Gasteiger partial charge on any atom is 0.416 e. The number of halogens is 3. The van der Waals surface area contributed by atoms with E-state index in [9.17, 15) is 32.9 Å². The van der Waals surface area contributed by atoms with Gasteiger partial charge in [-0.3, -0.25) is 19.7 Å². The number of hydrogen-bond acceptors (Lipinski definition) is 5. The van der Waals surface area contributed by atoms with E-state index in [1.807, 2.05) is 0 Å². The summed E-state index contributed by atoms with van der Waals surface area (Å²) >= 11 is 0. The normalized spacial score (nSPS) is 10.9. The lowest BCUT2D eigenvalue weighted by Crippen LogP contribution is -2.15. The van der Waals surface area contributed by atoms with Crippen molar-refractivity contribution >= 4 is 34.6 Å². The van der Waals surface area contributed by atoms with E-state index in [1.54, 1.807) is 0 Å². The predicted octanol–water partition coefficient (Wildman–Crippen LogP) is 5.16. The molecule has 0 unspecified atom stereocenters. The number of nitro groups is 1. The van der Waals surface area contributed by atoms with Crippen molar-refractivity contribution in [3.05, 3.63) is 93.5 Å². The van der Waals surface area contributed by atoms with Crippen LogP contribution in [0.25, 0.3) is 0 Å². The van der Waals surface area contributed by atoms with Crippen molar-refractivity contribution in [3.63, 3.8) is 0 Å². The molecule has 0 bridgehead atoms. The van der Waals surface area contributed by atoms with Crippen LogP contribution in [-0.2, 0) is 6.18 Å². The van der Waals surface area contributed by atoms with Gasteiger partial charge in [0.2, 0.25) is 0 Å². The van der Waals surface area contributed by atoms with E-state index >= 15 is 0 Å². The van der Waals surface area contributed by atoms with E-state index in [1.165, 1.54) is 55.6 Å². The van der Waals surface area contributed by atoms with Crippen molar-refractivity contribution in [2.24, 2.45) is 0 Å². The van der Waals surface area contributed by atoms with E-state index in [4.69, 9.17) is 0 Å². The summed E-state index contributed by atoms with van der Waals surface area (Å²) in [4.78, 5) is 35.6. The topological polar surface area (TPSA) is 113 Å². The van der Waals surface area contributed by atoms with Gasteiger partial charge < -0.3 is 16.0 Å². The van der Waals surface area contributed by atoms with Gasteiger partial charge in [-0.15, -0.1) is 0 Å². The molecule has 3 rings (SSSR count). The fraction of sp³-hybridized carbons (Fsp3) is 0.0909. The number of carbonyl (C=O) groups is 2. The second-order valence-corrected chi connectivity index (χ2v) is 6.81. The first-order valence-electron chi connectivity index (χ1n) is 9.44. The summed E-state index contributed by atoms with van der Waals surface area (Å²) in [5, 5.41) is 18.8. The van der Waals surface area contributed by atoms with Crippen LogP contribution in [0.1, 0.15) is 26.3 Å². The third-order valence-electron chi connectivity index (χ3n) is 4.56. The summed E-state index contributed by atoms with van der Waals surface area (Å²) in [6.45, 7) is 0. The molecule has 3 N–H and O–H groups in total. The van der Waals surface area contributed by atoms with Crippen LogP contribution in [0.5, 0.6) is 0 Å². The Balaban J connectivity index is 1.76. The summed E-state index contributed by atoms with van der Waals surface area (Å²) < 4.78 is 38.6. The molecule has 0 fully saturated rings. The summed E-state index contributed by atoms with van der Waals surface area (Å²) in [6, 6.07) is 13.8. The molecule has 0 heterocycles. The van der Waals surface area contributed by atoms with E-state index in [0.717, 1.165) is 18.2 Å². The van der Waals surface area contributed by atoms with Crippen LogP contribution in [0.2, 0.25) is 0 Å².